The summed E-state index contributed by atoms with van der Waals surface area (Å²) in [5.41, 5.74) is 4.87. The summed E-state index contributed by atoms with van der Waals surface area (Å²) < 4.78 is 0. The van der Waals surface area contributed by atoms with Gasteiger partial charge in [0.05, 0.1) is 5.69 Å². The van der Waals surface area contributed by atoms with Crippen LogP contribution in [-0.4, -0.2) is 9.97 Å². The zero-order chi connectivity index (χ0) is 18.3. The van der Waals surface area contributed by atoms with Crippen LogP contribution in [0.5, 0.6) is 0 Å². The van der Waals surface area contributed by atoms with Crippen LogP contribution in [0.25, 0.3) is 32.8 Å². The molecule has 0 aliphatic heterocycles. The number of aromatic nitrogens is 2. The lowest BCUT2D eigenvalue weighted by Crippen LogP contribution is -1.94. The summed E-state index contributed by atoms with van der Waals surface area (Å²) >= 11 is 0. The second-order valence-electron chi connectivity index (χ2n) is 7.65. The van der Waals surface area contributed by atoms with Gasteiger partial charge < -0.3 is 0 Å². The fourth-order valence-corrected chi connectivity index (χ4v) is 3.53. The Bertz CT molecular complexity index is 1090. The molecule has 0 aliphatic rings. The molecule has 26 heavy (non-hydrogen) atoms. The van der Waals surface area contributed by atoms with Crippen molar-refractivity contribution in [3.05, 3.63) is 72.2 Å². The van der Waals surface area contributed by atoms with E-state index >= 15 is 0 Å². The van der Waals surface area contributed by atoms with Gasteiger partial charge in [-0.25, -0.2) is 0 Å². The van der Waals surface area contributed by atoms with E-state index in [0.29, 0.717) is 11.8 Å². The molecule has 0 unspecified atom stereocenters. The third-order valence-corrected chi connectivity index (χ3v) is 5.12. The van der Waals surface area contributed by atoms with E-state index in [2.05, 4.69) is 75.1 Å². The number of hydrogen-bond donors (Lipinski definition) is 0. The van der Waals surface area contributed by atoms with Crippen LogP contribution in [0.3, 0.4) is 0 Å². The maximum absolute atomic E-state index is 4.77. The minimum Gasteiger partial charge on any atom is -0.264 e. The zero-order valence-corrected chi connectivity index (χ0v) is 15.8. The smallest absolute Gasteiger partial charge is 0.0708 e. The van der Waals surface area contributed by atoms with Gasteiger partial charge in [0.25, 0.3) is 0 Å². The number of benzene rings is 2. The SMILES string of the molecule is CC(C)c1ccc2cc(-c3cc(C(C)C)c4cnccc4c3)ncc2c1. The summed E-state index contributed by atoms with van der Waals surface area (Å²) in [6.07, 6.45) is 5.83. The van der Waals surface area contributed by atoms with Gasteiger partial charge in [-0.3, -0.25) is 9.97 Å². The van der Waals surface area contributed by atoms with E-state index in [1.807, 2.05) is 18.6 Å². The lowest BCUT2D eigenvalue weighted by Gasteiger charge is -2.13. The minimum absolute atomic E-state index is 0.440. The van der Waals surface area contributed by atoms with E-state index < -0.39 is 0 Å². The number of nitrogens with zero attached hydrogens (tertiary/aromatic N) is 2. The van der Waals surface area contributed by atoms with Gasteiger partial charge in [0.1, 0.15) is 0 Å². The largest absolute Gasteiger partial charge is 0.264 e. The van der Waals surface area contributed by atoms with Crippen molar-refractivity contribution in [2.45, 2.75) is 39.5 Å². The molecule has 0 radical (unpaired) electrons. The lowest BCUT2D eigenvalue weighted by atomic mass is 9.93. The normalized spacial score (nSPS) is 11.8. The number of fused-ring (bicyclic) bond motifs is 2. The van der Waals surface area contributed by atoms with Gasteiger partial charge in [0, 0.05) is 34.9 Å². The highest BCUT2D eigenvalue weighted by Gasteiger charge is 2.11. The first-order valence-electron chi connectivity index (χ1n) is 9.30. The van der Waals surface area contributed by atoms with Crippen LogP contribution in [0.15, 0.2) is 61.1 Å². The van der Waals surface area contributed by atoms with Crippen LogP contribution >= 0.6 is 0 Å². The molecule has 2 heterocycles. The zero-order valence-electron chi connectivity index (χ0n) is 15.8. The molecular weight excluding hydrogens is 316 g/mol. The summed E-state index contributed by atoms with van der Waals surface area (Å²) in [5.74, 6) is 0.970. The van der Waals surface area contributed by atoms with Gasteiger partial charge in [-0.1, -0.05) is 39.8 Å². The third kappa shape index (κ3) is 2.96. The van der Waals surface area contributed by atoms with Gasteiger partial charge in [-0.05, 0) is 64.1 Å². The van der Waals surface area contributed by atoms with E-state index in [1.165, 1.54) is 38.2 Å². The summed E-state index contributed by atoms with van der Waals surface area (Å²) in [7, 11) is 0. The van der Waals surface area contributed by atoms with Crippen LogP contribution in [0.1, 0.15) is 50.7 Å². The Balaban J connectivity index is 1.88. The van der Waals surface area contributed by atoms with E-state index in [9.17, 15) is 0 Å². The molecule has 2 heteroatoms. The highest BCUT2D eigenvalue weighted by Crippen LogP contribution is 2.32. The van der Waals surface area contributed by atoms with Gasteiger partial charge in [-0.2, -0.15) is 0 Å². The predicted octanol–water partition coefficient (Wildman–Crippen LogP) is 6.70. The van der Waals surface area contributed by atoms with Crippen LogP contribution < -0.4 is 0 Å². The molecule has 0 saturated carbocycles. The van der Waals surface area contributed by atoms with E-state index in [4.69, 9.17) is 4.98 Å². The quantitative estimate of drug-likeness (QED) is 0.415. The first kappa shape index (κ1) is 16.7. The molecule has 4 aromatic rings. The Hall–Kier alpha value is -2.74. The summed E-state index contributed by atoms with van der Waals surface area (Å²) in [5, 5.41) is 4.89. The maximum atomic E-state index is 4.77. The second-order valence-corrected chi connectivity index (χ2v) is 7.65. The van der Waals surface area contributed by atoms with E-state index in [1.54, 1.807) is 0 Å². The standard InChI is InChI=1S/C24H24N2/c1-15(2)17-5-6-18-12-24(26-13-21(18)9-17)20-10-19-7-8-25-14-23(19)22(11-20)16(3)4/h5-16H,1-4H3. The molecule has 2 aromatic carbocycles. The molecule has 2 aromatic heterocycles. The minimum atomic E-state index is 0.440. The van der Waals surface area contributed by atoms with Gasteiger partial charge in [0.2, 0.25) is 0 Å². The van der Waals surface area contributed by atoms with E-state index in [-0.39, 0.29) is 0 Å². The Morgan fingerprint density at radius 1 is 0.731 bits per heavy atom. The lowest BCUT2D eigenvalue weighted by molar-refractivity contribution is 0.868. The molecule has 0 saturated heterocycles. The molecule has 2 nitrogen and oxygen atoms in total. The van der Waals surface area contributed by atoms with Crippen molar-refractivity contribution in [1.29, 1.82) is 0 Å². The molecule has 0 N–H and O–H groups in total. The number of hydrogen-bond acceptors (Lipinski definition) is 2. The highest BCUT2D eigenvalue weighted by atomic mass is 14.7. The average molecular weight is 340 g/mol. The van der Waals surface area contributed by atoms with Crippen LogP contribution in [-0.2, 0) is 0 Å². The Morgan fingerprint density at radius 3 is 2.35 bits per heavy atom. The Morgan fingerprint density at radius 2 is 1.58 bits per heavy atom. The van der Waals surface area contributed by atoms with E-state index in [0.717, 1.165) is 5.69 Å². The van der Waals surface area contributed by atoms with Crippen molar-refractivity contribution >= 4 is 21.5 Å². The van der Waals surface area contributed by atoms with Crippen LogP contribution in [0.4, 0.5) is 0 Å². The molecule has 4 rings (SSSR count). The second kappa shape index (κ2) is 6.53. The van der Waals surface area contributed by atoms with Crippen molar-refractivity contribution in [1.82, 2.24) is 9.97 Å². The van der Waals surface area contributed by atoms with Gasteiger partial charge in [-0.15, -0.1) is 0 Å². The highest BCUT2D eigenvalue weighted by molar-refractivity contribution is 5.91. The van der Waals surface area contributed by atoms with Gasteiger partial charge in [0.15, 0.2) is 0 Å². The summed E-state index contributed by atoms with van der Waals surface area (Å²) in [4.78, 5) is 9.08. The third-order valence-electron chi connectivity index (χ3n) is 5.12. The molecule has 0 bridgehead atoms. The van der Waals surface area contributed by atoms with Crippen molar-refractivity contribution < 1.29 is 0 Å². The molecule has 0 atom stereocenters. The predicted molar refractivity (Wildman–Crippen MR) is 111 cm³/mol. The Kier molecular flexibility index (Phi) is 4.20. The van der Waals surface area contributed by atoms with Crippen LogP contribution in [0.2, 0.25) is 0 Å². The monoisotopic (exact) mass is 340 g/mol. The topological polar surface area (TPSA) is 25.8 Å². The van der Waals surface area contributed by atoms with Crippen molar-refractivity contribution in [3.63, 3.8) is 0 Å². The molecule has 0 amide bonds. The maximum Gasteiger partial charge on any atom is 0.0708 e. The first-order valence-corrected chi connectivity index (χ1v) is 9.30. The fourth-order valence-electron chi connectivity index (χ4n) is 3.53. The number of pyridine rings is 2. The molecule has 0 spiro atoms. The number of rotatable bonds is 3. The van der Waals surface area contributed by atoms with Crippen LogP contribution in [0, 0.1) is 0 Å². The van der Waals surface area contributed by atoms with Crippen molar-refractivity contribution in [2.75, 3.05) is 0 Å². The van der Waals surface area contributed by atoms with Gasteiger partial charge >= 0.3 is 0 Å². The summed E-state index contributed by atoms with van der Waals surface area (Å²) in [6, 6.07) is 15.5. The average Bonchev–Trinajstić information content (AvgIpc) is 2.66. The molecule has 130 valence electrons. The fraction of sp³-hybridized carbons (Fsp3) is 0.250. The molecular formula is C24H24N2. The molecule has 0 fully saturated rings. The Labute approximate surface area is 154 Å². The summed E-state index contributed by atoms with van der Waals surface area (Å²) in [6.45, 7) is 8.90. The van der Waals surface area contributed by atoms with Crippen molar-refractivity contribution in [2.24, 2.45) is 0 Å². The first-order chi connectivity index (χ1) is 12.5. The van der Waals surface area contributed by atoms with Crippen molar-refractivity contribution in [3.8, 4) is 11.3 Å². The molecule has 0 aliphatic carbocycles.